The molecule has 5 aliphatic rings. The minimum absolute atomic E-state index is 0.000626. The average molecular weight is 459 g/mol. The lowest BCUT2D eigenvalue weighted by atomic mass is 9.32. The molecule has 0 aromatic carbocycles. The van der Waals surface area contributed by atoms with Gasteiger partial charge in [0.1, 0.15) is 6.29 Å². The fourth-order valence-corrected chi connectivity index (χ4v) is 11.7. The summed E-state index contributed by atoms with van der Waals surface area (Å²) in [5.41, 5.74) is 0.936. The Bertz CT molecular complexity index is 791. The quantitative estimate of drug-likeness (QED) is 0.491. The van der Waals surface area contributed by atoms with Gasteiger partial charge in [0.05, 0.1) is 6.10 Å². The monoisotopic (exact) mass is 458 g/mol. The molecule has 188 valence electrons. The van der Waals surface area contributed by atoms with Crippen LogP contribution in [-0.2, 0) is 4.79 Å². The van der Waals surface area contributed by atoms with E-state index in [0.717, 1.165) is 32.1 Å². The molecule has 0 bridgehead atoms. The van der Waals surface area contributed by atoms with Gasteiger partial charge >= 0.3 is 0 Å². The van der Waals surface area contributed by atoms with Crippen LogP contribution < -0.4 is 0 Å². The van der Waals surface area contributed by atoms with Gasteiger partial charge in [0.25, 0.3) is 0 Å². The van der Waals surface area contributed by atoms with Crippen LogP contribution in [0.1, 0.15) is 106 Å². The van der Waals surface area contributed by atoms with Crippen molar-refractivity contribution in [3.8, 4) is 0 Å². The molecule has 5 saturated carbocycles. The summed E-state index contributed by atoms with van der Waals surface area (Å²) in [6, 6.07) is 0. The van der Waals surface area contributed by atoms with Crippen LogP contribution in [0.15, 0.2) is 0 Å². The molecule has 0 spiro atoms. The summed E-state index contributed by atoms with van der Waals surface area (Å²) >= 11 is 0. The van der Waals surface area contributed by atoms with Crippen LogP contribution in [0.4, 0.5) is 0 Å². The molecule has 0 saturated heterocycles. The summed E-state index contributed by atoms with van der Waals surface area (Å²) in [5.74, 6) is 2.97. The third-order valence-corrected chi connectivity index (χ3v) is 13.8. The van der Waals surface area contributed by atoms with E-state index in [0.29, 0.717) is 47.0 Å². The zero-order valence-electron chi connectivity index (χ0n) is 22.2. The van der Waals surface area contributed by atoms with Crippen molar-refractivity contribution in [1.29, 1.82) is 0 Å². The van der Waals surface area contributed by atoms with Crippen LogP contribution in [0.25, 0.3) is 0 Å². The highest BCUT2D eigenvalue weighted by Gasteiger charge is 2.70. The first-order valence-corrected chi connectivity index (χ1v) is 14.2. The number of hydrogen-bond acceptors (Lipinski definition) is 3. The molecule has 0 amide bonds. The molecule has 0 heterocycles. The van der Waals surface area contributed by atoms with Crippen LogP contribution in [0.5, 0.6) is 0 Å². The summed E-state index contributed by atoms with van der Waals surface area (Å²) < 4.78 is 0. The van der Waals surface area contributed by atoms with Crippen molar-refractivity contribution < 1.29 is 15.0 Å². The highest BCUT2D eigenvalue weighted by Crippen LogP contribution is 2.77. The van der Waals surface area contributed by atoms with Crippen LogP contribution in [0.2, 0.25) is 0 Å². The van der Waals surface area contributed by atoms with E-state index in [1.807, 2.05) is 0 Å². The molecule has 3 nitrogen and oxygen atoms in total. The second kappa shape index (κ2) is 7.55. The van der Waals surface area contributed by atoms with E-state index in [9.17, 15) is 15.0 Å². The summed E-state index contributed by atoms with van der Waals surface area (Å²) in [7, 11) is 0. The van der Waals surface area contributed by atoms with E-state index in [-0.39, 0.29) is 28.3 Å². The predicted molar refractivity (Wildman–Crippen MR) is 132 cm³/mol. The number of aliphatic hydroxyl groups excluding tert-OH is 2. The summed E-state index contributed by atoms with van der Waals surface area (Å²) in [6.07, 6.45) is 12.8. The number of rotatable bonds is 3. The Morgan fingerprint density at radius 1 is 0.848 bits per heavy atom. The number of hydrogen-bond donors (Lipinski definition) is 2. The Morgan fingerprint density at radius 3 is 2.24 bits per heavy atom. The minimum Gasteiger partial charge on any atom is -0.396 e. The van der Waals surface area contributed by atoms with Crippen molar-refractivity contribution in [3.05, 3.63) is 0 Å². The zero-order chi connectivity index (χ0) is 24.0. The lowest BCUT2D eigenvalue weighted by molar-refractivity contribution is -0.250. The fourth-order valence-electron chi connectivity index (χ4n) is 11.7. The van der Waals surface area contributed by atoms with E-state index in [1.165, 1.54) is 38.4 Å². The van der Waals surface area contributed by atoms with Crippen molar-refractivity contribution in [2.75, 3.05) is 6.61 Å². The number of carbonyl (C=O) groups excluding carboxylic acids is 1. The van der Waals surface area contributed by atoms with E-state index in [1.54, 1.807) is 0 Å². The first-order chi connectivity index (χ1) is 15.4. The van der Waals surface area contributed by atoms with Crippen molar-refractivity contribution in [1.82, 2.24) is 0 Å². The van der Waals surface area contributed by atoms with Gasteiger partial charge in [-0.2, -0.15) is 0 Å². The molecule has 0 aromatic rings. The maximum atomic E-state index is 11.9. The van der Waals surface area contributed by atoms with Gasteiger partial charge in [0.2, 0.25) is 0 Å². The van der Waals surface area contributed by atoms with Crippen LogP contribution in [-0.4, -0.2) is 29.2 Å². The average Bonchev–Trinajstić information content (AvgIpc) is 3.17. The standard InChI is InChI=1S/C30H50O3/c1-19(17-31)20-9-14-30(18-32)16-15-28(5)21(25(20)30)7-8-23-27(4)12-11-24(33)26(2,3)22(27)10-13-29(23,28)6/h17,19-25,32-33H,7-16,18H2,1-6H3/t19-,20-,21+,22-,23+,24-,25+,27-,28+,29+,30+/m0/s1. The van der Waals surface area contributed by atoms with Gasteiger partial charge < -0.3 is 15.0 Å². The molecule has 5 rings (SSSR count). The van der Waals surface area contributed by atoms with Gasteiger partial charge in [-0.3, -0.25) is 0 Å². The van der Waals surface area contributed by atoms with Gasteiger partial charge in [-0.15, -0.1) is 0 Å². The smallest absolute Gasteiger partial charge is 0.123 e. The fraction of sp³-hybridized carbons (Fsp3) is 0.967. The number of carbonyl (C=O) groups is 1. The molecule has 5 aliphatic carbocycles. The molecule has 0 radical (unpaired) electrons. The van der Waals surface area contributed by atoms with Crippen molar-refractivity contribution in [2.24, 2.45) is 62.6 Å². The van der Waals surface area contributed by atoms with Gasteiger partial charge in [-0.05, 0) is 121 Å². The Morgan fingerprint density at radius 2 is 1.58 bits per heavy atom. The van der Waals surface area contributed by atoms with Gasteiger partial charge in [0.15, 0.2) is 0 Å². The van der Waals surface area contributed by atoms with Crippen molar-refractivity contribution in [2.45, 2.75) is 112 Å². The van der Waals surface area contributed by atoms with E-state index < -0.39 is 0 Å². The largest absolute Gasteiger partial charge is 0.396 e. The third kappa shape index (κ3) is 2.90. The maximum Gasteiger partial charge on any atom is 0.123 e. The molecule has 0 unspecified atom stereocenters. The van der Waals surface area contributed by atoms with Crippen LogP contribution in [0.3, 0.4) is 0 Å². The number of aldehydes is 1. The lowest BCUT2D eigenvalue weighted by Crippen LogP contribution is -2.66. The normalized spacial score (nSPS) is 56.1. The molecule has 0 aliphatic heterocycles. The number of aliphatic hydroxyl groups is 2. The summed E-state index contributed by atoms with van der Waals surface area (Å²) in [6.45, 7) is 14.9. The zero-order valence-corrected chi connectivity index (χ0v) is 22.2. The highest BCUT2D eigenvalue weighted by atomic mass is 16.3. The maximum absolute atomic E-state index is 11.9. The molecule has 3 heteroatoms. The minimum atomic E-state index is -0.171. The lowest BCUT2D eigenvalue weighted by Gasteiger charge is -2.73. The first kappa shape index (κ1) is 24.3. The molecule has 0 aromatic heterocycles. The molecule has 2 N–H and O–H groups in total. The van der Waals surface area contributed by atoms with Gasteiger partial charge in [-0.25, -0.2) is 0 Å². The molecule has 11 atom stereocenters. The Balaban J connectivity index is 1.54. The Kier molecular flexibility index (Phi) is 5.55. The molecular formula is C30H50O3. The first-order valence-electron chi connectivity index (χ1n) is 14.2. The van der Waals surface area contributed by atoms with E-state index in [4.69, 9.17) is 0 Å². The van der Waals surface area contributed by atoms with E-state index in [2.05, 4.69) is 41.5 Å². The highest BCUT2D eigenvalue weighted by molar-refractivity contribution is 5.53. The van der Waals surface area contributed by atoms with Crippen LogP contribution >= 0.6 is 0 Å². The van der Waals surface area contributed by atoms with Gasteiger partial charge in [-0.1, -0.05) is 41.5 Å². The predicted octanol–water partition coefficient (Wildman–Crippen LogP) is 6.26. The summed E-state index contributed by atoms with van der Waals surface area (Å²) in [5, 5.41) is 21.6. The molecule has 5 fully saturated rings. The molecular weight excluding hydrogens is 408 g/mol. The number of fused-ring (bicyclic) bond motifs is 7. The second-order valence-corrected chi connectivity index (χ2v) is 14.8. The van der Waals surface area contributed by atoms with Crippen molar-refractivity contribution >= 4 is 6.29 Å². The topological polar surface area (TPSA) is 57.5 Å². The van der Waals surface area contributed by atoms with Gasteiger partial charge in [0, 0.05) is 12.5 Å². The van der Waals surface area contributed by atoms with Crippen LogP contribution in [0, 0.1) is 62.6 Å². The second-order valence-electron chi connectivity index (χ2n) is 14.8. The Hall–Kier alpha value is -0.410. The SMILES string of the molecule is C[C@@H](C=O)[C@@H]1CC[C@]2(CO)CC[C@]3(C)[C@H](CC[C@@H]4[C@@]5(C)CC[C@H](O)C(C)(C)[C@@H]5CC[C@]43C)[C@@H]12. The molecule has 33 heavy (non-hydrogen) atoms. The van der Waals surface area contributed by atoms with E-state index >= 15 is 0 Å². The third-order valence-electron chi connectivity index (χ3n) is 13.8. The van der Waals surface area contributed by atoms with Crippen molar-refractivity contribution in [3.63, 3.8) is 0 Å². The Labute approximate surface area is 202 Å². The summed E-state index contributed by atoms with van der Waals surface area (Å²) in [4.78, 5) is 11.9.